The van der Waals surface area contributed by atoms with Gasteiger partial charge in [0.2, 0.25) is 0 Å². The lowest BCUT2D eigenvalue weighted by molar-refractivity contribution is -0.385. The van der Waals surface area contributed by atoms with Crippen molar-refractivity contribution in [2.75, 3.05) is 13.1 Å². The third-order valence-corrected chi connectivity index (χ3v) is 4.89. The van der Waals surface area contributed by atoms with E-state index in [2.05, 4.69) is 10.6 Å². The molecule has 1 saturated carbocycles. The molecule has 2 N–H and O–H groups in total. The van der Waals surface area contributed by atoms with E-state index >= 15 is 0 Å². The minimum Gasteiger partial charge on any atom is -0.352 e. The van der Waals surface area contributed by atoms with Crippen LogP contribution in [0.4, 0.5) is 10.5 Å². The SMILES string of the molecule is O=C(NCCCN1C(=O)NC2(CCCC2)C1=O)c1ccccc1[N+](=O)[O-]. The molecule has 4 amide bonds. The molecular weight excluding hydrogens is 340 g/mol. The van der Waals surface area contributed by atoms with Crippen LogP contribution in [0.25, 0.3) is 0 Å². The van der Waals surface area contributed by atoms with Crippen molar-refractivity contribution in [3.05, 3.63) is 39.9 Å². The summed E-state index contributed by atoms with van der Waals surface area (Å²) in [6, 6.07) is 5.31. The number of para-hydroxylation sites is 1. The number of hydrogen-bond acceptors (Lipinski definition) is 5. The maximum atomic E-state index is 12.5. The number of carbonyl (C=O) groups is 3. The summed E-state index contributed by atoms with van der Waals surface area (Å²) in [6.45, 7) is 0.401. The molecule has 0 atom stereocenters. The lowest BCUT2D eigenvalue weighted by atomic mass is 9.98. The Labute approximate surface area is 149 Å². The number of nitro groups is 1. The molecule has 1 aliphatic heterocycles. The Hall–Kier alpha value is -2.97. The second-order valence-corrected chi connectivity index (χ2v) is 6.56. The van der Waals surface area contributed by atoms with Crippen molar-refractivity contribution in [2.45, 2.75) is 37.6 Å². The van der Waals surface area contributed by atoms with Gasteiger partial charge in [0.25, 0.3) is 17.5 Å². The Morgan fingerprint density at radius 1 is 1.27 bits per heavy atom. The predicted octanol–water partition coefficient (Wildman–Crippen LogP) is 1.58. The molecule has 9 heteroatoms. The average Bonchev–Trinajstić information content (AvgIpc) is 3.18. The highest BCUT2D eigenvalue weighted by Gasteiger charge is 2.51. The van der Waals surface area contributed by atoms with Crippen LogP contribution in [0.15, 0.2) is 24.3 Å². The van der Waals surface area contributed by atoms with Crippen LogP contribution >= 0.6 is 0 Å². The second-order valence-electron chi connectivity index (χ2n) is 6.56. The minimum absolute atomic E-state index is 0.0163. The van der Waals surface area contributed by atoms with Crippen LogP contribution < -0.4 is 10.6 Å². The Morgan fingerprint density at radius 3 is 2.65 bits per heavy atom. The summed E-state index contributed by atoms with van der Waals surface area (Å²) >= 11 is 0. The molecule has 0 unspecified atom stereocenters. The minimum atomic E-state index is -0.731. The zero-order valence-corrected chi connectivity index (χ0v) is 14.2. The normalized spacial score (nSPS) is 18.2. The van der Waals surface area contributed by atoms with Crippen molar-refractivity contribution >= 4 is 23.5 Å². The van der Waals surface area contributed by atoms with Crippen LogP contribution in [0, 0.1) is 10.1 Å². The van der Waals surface area contributed by atoms with Gasteiger partial charge in [-0.15, -0.1) is 0 Å². The number of imide groups is 1. The quantitative estimate of drug-likeness (QED) is 0.345. The number of carbonyl (C=O) groups excluding carboxylic acids is 3. The van der Waals surface area contributed by atoms with Crippen molar-refractivity contribution in [2.24, 2.45) is 0 Å². The third kappa shape index (κ3) is 3.24. The molecule has 138 valence electrons. The average molecular weight is 360 g/mol. The number of rotatable bonds is 6. The van der Waals surface area contributed by atoms with Gasteiger partial charge in [0.15, 0.2) is 0 Å². The van der Waals surface area contributed by atoms with Crippen molar-refractivity contribution in [3.8, 4) is 0 Å². The number of nitrogens with zero attached hydrogens (tertiary/aromatic N) is 2. The van der Waals surface area contributed by atoms with E-state index in [1.54, 1.807) is 6.07 Å². The lowest BCUT2D eigenvalue weighted by Crippen LogP contribution is -2.44. The first-order valence-electron chi connectivity index (χ1n) is 8.60. The van der Waals surface area contributed by atoms with Crippen molar-refractivity contribution < 1.29 is 19.3 Å². The topological polar surface area (TPSA) is 122 Å². The molecule has 1 aromatic rings. The molecule has 9 nitrogen and oxygen atoms in total. The first kappa shape index (κ1) is 17.8. The van der Waals surface area contributed by atoms with Crippen LogP contribution in [0.5, 0.6) is 0 Å². The van der Waals surface area contributed by atoms with Gasteiger partial charge < -0.3 is 10.6 Å². The Morgan fingerprint density at radius 2 is 1.96 bits per heavy atom. The number of amides is 4. The molecule has 2 fully saturated rings. The molecule has 0 bridgehead atoms. The van der Waals surface area contributed by atoms with Crippen molar-refractivity contribution in [1.82, 2.24) is 15.5 Å². The fraction of sp³-hybridized carbons (Fsp3) is 0.471. The highest BCUT2D eigenvalue weighted by molar-refractivity contribution is 6.07. The maximum Gasteiger partial charge on any atom is 0.325 e. The smallest absolute Gasteiger partial charge is 0.325 e. The molecule has 1 heterocycles. The molecule has 1 spiro atoms. The highest BCUT2D eigenvalue weighted by Crippen LogP contribution is 2.34. The molecular formula is C17H20N4O5. The summed E-state index contributed by atoms with van der Waals surface area (Å²) in [6.07, 6.45) is 3.56. The molecule has 0 radical (unpaired) electrons. The van der Waals surface area contributed by atoms with Gasteiger partial charge in [-0.05, 0) is 25.3 Å². The highest BCUT2D eigenvalue weighted by atomic mass is 16.6. The molecule has 26 heavy (non-hydrogen) atoms. The molecule has 1 saturated heterocycles. The monoisotopic (exact) mass is 360 g/mol. The third-order valence-electron chi connectivity index (χ3n) is 4.89. The standard InChI is InChI=1S/C17H20N4O5/c22-14(12-6-1-2-7-13(12)21(25)26)18-10-5-11-20-15(23)17(19-16(20)24)8-3-4-9-17/h1-2,6-7H,3-5,8-11H2,(H,18,22)(H,19,24). The summed E-state index contributed by atoms with van der Waals surface area (Å²) in [5.41, 5.74) is -1.01. The number of benzene rings is 1. The van der Waals surface area contributed by atoms with E-state index in [9.17, 15) is 24.5 Å². The molecule has 3 rings (SSSR count). The van der Waals surface area contributed by atoms with Gasteiger partial charge >= 0.3 is 6.03 Å². The Kier molecular flexibility index (Phi) is 4.88. The number of nitro benzene ring substituents is 1. The van der Waals surface area contributed by atoms with E-state index in [0.29, 0.717) is 19.3 Å². The molecule has 2 aliphatic rings. The number of hydrogen-bond donors (Lipinski definition) is 2. The van der Waals surface area contributed by atoms with Crippen LogP contribution in [0.3, 0.4) is 0 Å². The molecule has 1 aliphatic carbocycles. The Bertz CT molecular complexity index is 757. The van der Waals surface area contributed by atoms with E-state index in [1.165, 1.54) is 23.1 Å². The van der Waals surface area contributed by atoms with Gasteiger partial charge in [-0.25, -0.2) is 4.79 Å². The fourth-order valence-electron chi connectivity index (χ4n) is 3.56. The van der Waals surface area contributed by atoms with E-state index in [1.807, 2.05) is 0 Å². The maximum absolute atomic E-state index is 12.5. The molecule has 1 aromatic carbocycles. The zero-order chi connectivity index (χ0) is 18.7. The van der Waals surface area contributed by atoms with Gasteiger partial charge in [0, 0.05) is 19.2 Å². The van der Waals surface area contributed by atoms with Gasteiger partial charge in [-0.2, -0.15) is 0 Å². The van der Waals surface area contributed by atoms with Gasteiger partial charge in [-0.3, -0.25) is 24.6 Å². The molecule has 0 aromatic heterocycles. The summed E-state index contributed by atoms with van der Waals surface area (Å²) in [5.74, 6) is -0.744. The van der Waals surface area contributed by atoms with Crippen LogP contribution in [-0.4, -0.2) is 46.3 Å². The zero-order valence-electron chi connectivity index (χ0n) is 14.2. The number of nitrogens with one attached hydrogen (secondary N) is 2. The summed E-state index contributed by atoms with van der Waals surface area (Å²) < 4.78 is 0. The van der Waals surface area contributed by atoms with Crippen LogP contribution in [0.2, 0.25) is 0 Å². The second kappa shape index (κ2) is 7.11. The van der Waals surface area contributed by atoms with Crippen molar-refractivity contribution in [1.29, 1.82) is 0 Å². The predicted molar refractivity (Wildman–Crippen MR) is 91.5 cm³/mol. The first-order valence-corrected chi connectivity index (χ1v) is 8.60. The summed E-state index contributed by atoms with van der Waals surface area (Å²) in [4.78, 5) is 48.2. The fourth-order valence-corrected chi connectivity index (χ4v) is 3.56. The van der Waals surface area contributed by atoms with Crippen LogP contribution in [-0.2, 0) is 4.79 Å². The Balaban J connectivity index is 1.52. The van der Waals surface area contributed by atoms with E-state index in [4.69, 9.17) is 0 Å². The largest absolute Gasteiger partial charge is 0.352 e. The number of urea groups is 1. The van der Waals surface area contributed by atoms with Gasteiger partial charge in [0.1, 0.15) is 11.1 Å². The van der Waals surface area contributed by atoms with Crippen LogP contribution in [0.1, 0.15) is 42.5 Å². The first-order chi connectivity index (χ1) is 12.4. The summed E-state index contributed by atoms with van der Waals surface area (Å²) in [7, 11) is 0. The van der Waals surface area contributed by atoms with E-state index < -0.39 is 16.4 Å². The van der Waals surface area contributed by atoms with Gasteiger partial charge in [-0.1, -0.05) is 25.0 Å². The summed E-state index contributed by atoms with van der Waals surface area (Å²) in [5, 5.41) is 16.4. The van der Waals surface area contributed by atoms with E-state index in [-0.39, 0.29) is 36.3 Å². The van der Waals surface area contributed by atoms with E-state index in [0.717, 1.165) is 12.8 Å². The lowest BCUT2D eigenvalue weighted by Gasteiger charge is -2.20. The van der Waals surface area contributed by atoms with Crippen molar-refractivity contribution in [3.63, 3.8) is 0 Å². The van der Waals surface area contributed by atoms with Gasteiger partial charge in [0.05, 0.1) is 4.92 Å².